The van der Waals surface area contributed by atoms with Crippen molar-refractivity contribution in [2.75, 3.05) is 26.2 Å². The van der Waals surface area contributed by atoms with Gasteiger partial charge in [0.15, 0.2) is 6.04 Å². The van der Waals surface area contributed by atoms with Crippen LogP contribution in [0.5, 0.6) is 11.5 Å². The van der Waals surface area contributed by atoms with Crippen LogP contribution in [0, 0.1) is 0 Å². The molecule has 1 saturated heterocycles. The molecule has 0 spiro atoms. The Bertz CT molecular complexity index is 1380. The number of phenols is 2. The molecule has 4 rings (SSSR count). The van der Waals surface area contributed by atoms with Gasteiger partial charge in [-0.25, -0.2) is 9.28 Å². The van der Waals surface area contributed by atoms with Gasteiger partial charge in [0.1, 0.15) is 23.6 Å². The van der Waals surface area contributed by atoms with E-state index < -0.39 is 47.8 Å². The molecule has 13 nitrogen and oxygen atoms in total. The number of nitrogens with two attached hydrogens (primary N) is 4. The minimum absolute atomic E-state index is 0.00359. The summed E-state index contributed by atoms with van der Waals surface area (Å²) >= 11 is 0. The molecule has 232 valence electrons. The van der Waals surface area contributed by atoms with Crippen LogP contribution >= 0.6 is 0 Å². The van der Waals surface area contributed by atoms with Crippen molar-refractivity contribution in [1.82, 2.24) is 10.6 Å². The third-order valence-electron chi connectivity index (χ3n) is 8.56. The molecule has 2 aliphatic rings. The van der Waals surface area contributed by atoms with Crippen molar-refractivity contribution in [2.24, 2.45) is 22.9 Å². The van der Waals surface area contributed by atoms with Crippen LogP contribution < -0.4 is 33.6 Å². The monoisotopic (exact) mass is 596 g/mol. The molecule has 2 aromatic rings. The number of rotatable bonds is 7. The first-order valence-corrected chi connectivity index (χ1v) is 14.6. The third kappa shape index (κ3) is 6.80. The molecule has 0 saturated carbocycles. The topological polar surface area (TPSA) is 237 Å². The van der Waals surface area contributed by atoms with Gasteiger partial charge >= 0.3 is 5.91 Å². The summed E-state index contributed by atoms with van der Waals surface area (Å²) in [5.74, 6) is -2.46. The van der Waals surface area contributed by atoms with Gasteiger partial charge in [-0.15, -0.1) is 0 Å². The first-order valence-electron chi connectivity index (χ1n) is 14.6. The number of hydrogen-bond donors (Lipinski definition) is 8. The first kappa shape index (κ1) is 31.9. The summed E-state index contributed by atoms with van der Waals surface area (Å²) in [6.07, 6.45) is 1.43. The van der Waals surface area contributed by atoms with E-state index in [0.29, 0.717) is 48.1 Å². The summed E-state index contributed by atoms with van der Waals surface area (Å²) in [6, 6.07) is 5.60. The summed E-state index contributed by atoms with van der Waals surface area (Å²) < 4.78 is -0.316. The number of likely N-dealkylation sites (tertiary alicyclic amines) is 1. The van der Waals surface area contributed by atoms with E-state index in [0.717, 1.165) is 0 Å². The zero-order chi connectivity index (χ0) is 31.3. The lowest BCUT2D eigenvalue weighted by Crippen LogP contribution is -2.67. The highest BCUT2D eigenvalue weighted by Crippen LogP contribution is 2.33. The van der Waals surface area contributed by atoms with E-state index in [1.807, 2.05) is 0 Å². The fraction of sp³-hybridized carbons (Fsp3) is 0.467. The number of hydrogen-bond acceptors (Lipinski definition) is 9. The van der Waals surface area contributed by atoms with E-state index in [2.05, 4.69) is 10.6 Å². The van der Waals surface area contributed by atoms with Crippen LogP contribution in [0.15, 0.2) is 36.4 Å². The zero-order valence-electron chi connectivity index (χ0n) is 24.1. The second-order valence-corrected chi connectivity index (χ2v) is 11.4. The highest BCUT2D eigenvalue weighted by atomic mass is 16.3. The summed E-state index contributed by atoms with van der Waals surface area (Å²) in [5.41, 5.74) is 25.7. The number of carbonyl (C=O) groups is 4. The fourth-order valence-electron chi connectivity index (χ4n) is 6.29. The molecular formula is C30H42N7O6+. The molecule has 2 heterocycles. The van der Waals surface area contributed by atoms with Gasteiger partial charge < -0.3 is 43.8 Å². The number of aromatic hydroxyl groups is 2. The predicted octanol–water partition coefficient (Wildman–Crippen LogP) is -1.15. The summed E-state index contributed by atoms with van der Waals surface area (Å²) in [4.78, 5) is 53.8. The average Bonchev–Trinajstić information content (AvgIpc) is 3.41. The molecule has 0 radical (unpaired) electrons. The van der Waals surface area contributed by atoms with Gasteiger partial charge in [-0.3, -0.25) is 14.4 Å². The molecular weight excluding hydrogens is 554 g/mol. The van der Waals surface area contributed by atoms with Gasteiger partial charge in [0, 0.05) is 32.2 Å². The number of fused-ring (bicyclic) bond motifs is 5. The number of nitrogens with zero attached hydrogens (tertiary/aromatic N) is 1. The Morgan fingerprint density at radius 3 is 2.12 bits per heavy atom. The number of carbonyl (C=O) groups excluding carboxylic acids is 4. The Balaban J connectivity index is 1.85. The molecule has 12 N–H and O–H groups in total. The van der Waals surface area contributed by atoms with Gasteiger partial charge in [0.25, 0.3) is 5.91 Å². The third-order valence-corrected chi connectivity index (χ3v) is 8.56. The Kier molecular flexibility index (Phi) is 10.0. The van der Waals surface area contributed by atoms with Crippen LogP contribution in [0.1, 0.15) is 36.8 Å². The predicted molar refractivity (Wildman–Crippen MR) is 159 cm³/mol. The summed E-state index contributed by atoms with van der Waals surface area (Å²) in [6.45, 7) is 0.823. The average molecular weight is 597 g/mol. The lowest BCUT2D eigenvalue weighted by atomic mass is 9.95. The molecule has 5 atom stereocenters. The van der Waals surface area contributed by atoms with Crippen LogP contribution in [-0.4, -0.2) is 88.7 Å². The maximum atomic E-state index is 14.4. The Labute approximate surface area is 250 Å². The standard InChI is InChI=1S/C30H41N7O6/c31-9-1-3-22-29(42)36-23(30(43)37(12-10-32)11-2-4-24(37)27(34)40)16-20-14-18(6-8-26(20)39)17-5-7-25(38)19(13-17)15-21(33)28(41)35-22/h5-8,13-14,21-24H,1-4,9-12,15-16,31-33H2,(H5-,34,35,36,38,39,40,41,42)/p+1/t21-,22-,23-,24-,37?/m0/s1. The van der Waals surface area contributed by atoms with Crippen LogP contribution in [0.25, 0.3) is 11.1 Å². The minimum Gasteiger partial charge on any atom is -0.508 e. The highest BCUT2D eigenvalue weighted by molar-refractivity contribution is 5.93. The second-order valence-electron chi connectivity index (χ2n) is 11.4. The van der Waals surface area contributed by atoms with Gasteiger partial charge in [0.2, 0.25) is 11.8 Å². The molecule has 0 aromatic heterocycles. The van der Waals surface area contributed by atoms with Crippen molar-refractivity contribution >= 4 is 23.6 Å². The summed E-state index contributed by atoms with van der Waals surface area (Å²) in [5, 5.41) is 26.9. The van der Waals surface area contributed by atoms with E-state index >= 15 is 0 Å². The minimum atomic E-state index is -1.20. The van der Waals surface area contributed by atoms with E-state index in [1.54, 1.807) is 24.3 Å². The van der Waals surface area contributed by atoms with Crippen molar-refractivity contribution in [2.45, 2.75) is 62.7 Å². The maximum Gasteiger partial charge on any atom is 0.337 e. The van der Waals surface area contributed by atoms with E-state index in [4.69, 9.17) is 22.9 Å². The van der Waals surface area contributed by atoms with E-state index in [-0.39, 0.29) is 54.9 Å². The van der Waals surface area contributed by atoms with Crippen LogP contribution in [-0.2, 0) is 32.0 Å². The SMILES string of the molecule is NCCC[C@@H]1NC(=O)[C@@H](N)Cc2cc(ccc2O)-c2ccc(O)c(c2)C[C@@H](C(=O)[N+]2(CCN)CCC[C@H]2C(N)=O)NC1=O. The molecule has 0 aliphatic carbocycles. The number of phenolic OH excluding ortho intramolecular Hbond substituents is 2. The molecule has 2 aromatic carbocycles. The van der Waals surface area contributed by atoms with Crippen LogP contribution in [0.4, 0.5) is 0 Å². The molecule has 1 fully saturated rings. The number of quaternary nitrogens is 1. The van der Waals surface area contributed by atoms with Crippen LogP contribution in [0.3, 0.4) is 0 Å². The number of benzene rings is 2. The Morgan fingerprint density at radius 2 is 1.53 bits per heavy atom. The lowest BCUT2D eigenvalue weighted by molar-refractivity contribution is -0.856. The van der Waals surface area contributed by atoms with Gasteiger partial charge in [-0.1, -0.05) is 12.1 Å². The normalized spacial score (nSPS) is 26.1. The molecule has 2 aliphatic heterocycles. The van der Waals surface area contributed by atoms with Crippen molar-refractivity contribution in [3.8, 4) is 22.6 Å². The quantitative estimate of drug-likeness (QED) is 0.180. The summed E-state index contributed by atoms with van der Waals surface area (Å²) in [7, 11) is 0. The van der Waals surface area contributed by atoms with E-state index in [1.165, 1.54) is 12.1 Å². The Morgan fingerprint density at radius 1 is 0.907 bits per heavy atom. The largest absolute Gasteiger partial charge is 0.508 e. The number of primary amides is 1. The molecule has 13 heteroatoms. The van der Waals surface area contributed by atoms with Gasteiger partial charge in [-0.2, -0.15) is 0 Å². The molecule has 4 bridgehead atoms. The van der Waals surface area contributed by atoms with Gasteiger partial charge in [-0.05, 0) is 65.9 Å². The fourth-order valence-corrected chi connectivity index (χ4v) is 6.29. The van der Waals surface area contributed by atoms with Crippen molar-refractivity contribution < 1.29 is 33.9 Å². The highest BCUT2D eigenvalue weighted by Gasteiger charge is 2.53. The Hall–Kier alpha value is -4.04. The molecule has 4 amide bonds. The first-order chi connectivity index (χ1) is 20.5. The number of amides is 4. The van der Waals surface area contributed by atoms with Crippen LogP contribution in [0.2, 0.25) is 0 Å². The molecule has 43 heavy (non-hydrogen) atoms. The van der Waals surface area contributed by atoms with Crippen molar-refractivity contribution in [1.29, 1.82) is 0 Å². The second kappa shape index (κ2) is 13.5. The lowest BCUT2D eigenvalue weighted by Gasteiger charge is -2.38. The molecule has 1 unspecified atom stereocenters. The maximum absolute atomic E-state index is 14.4. The smallest absolute Gasteiger partial charge is 0.337 e. The van der Waals surface area contributed by atoms with E-state index in [9.17, 15) is 29.4 Å². The number of nitrogens with one attached hydrogen (secondary N) is 2. The zero-order valence-corrected chi connectivity index (χ0v) is 24.1. The van der Waals surface area contributed by atoms with Crippen molar-refractivity contribution in [3.63, 3.8) is 0 Å². The van der Waals surface area contributed by atoms with Crippen molar-refractivity contribution in [3.05, 3.63) is 47.5 Å². The van der Waals surface area contributed by atoms with Gasteiger partial charge in [0.05, 0.1) is 19.1 Å².